The summed E-state index contributed by atoms with van der Waals surface area (Å²) in [5, 5.41) is 10.0. The molecule has 3 aromatic rings. The maximum absolute atomic E-state index is 10.0. The van der Waals surface area contributed by atoms with Gasteiger partial charge < -0.3 is 5.11 Å². The standard InChI is InChI=1S/C20H23N3O/c1-14-7-5-6-10-16(14)18-12-23-13-19(24)21-17(20(23)22-18)11-15-8-3-2-4-9-15/h5-7,10,12-13,15,24H,2-4,8-9,11H2,1H3. The van der Waals surface area contributed by atoms with E-state index in [-0.39, 0.29) is 5.88 Å². The molecule has 1 saturated carbocycles. The minimum absolute atomic E-state index is 0.0713. The van der Waals surface area contributed by atoms with Crippen LogP contribution in [0.3, 0.4) is 0 Å². The van der Waals surface area contributed by atoms with E-state index >= 15 is 0 Å². The summed E-state index contributed by atoms with van der Waals surface area (Å²) in [5.74, 6) is 0.734. The topological polar surface area (TPSA) is 50.4 Å². The molecule has 0 unspecified atom stereocenters. The van der Waals surface area contributed by atoms with Crippen LogP contribution in [0, 0.1) is 12.8 Å². The van der Waals surface area contributed by atoms with Crippen molar-refractivity contribution < 1.29 is 5.11 Å². The molecule has 1 fully saturated rings. The number of nitrogens with zero attached hydrogens (tertiary/aromatic N) is 3. The van der Waals surface area contributed by atoms with Crippen LogP contribution in [-0.4, -0.2) is 19.5 Å². The molecule has 1 aliphatic rings. The molecule has 1 N–H and O–H groups in total. The zero-order valence-corrected chi connectivity index (χ0v) is 14.1. The van der Waals surface area contributed by atoms with E-state index < -0.39 is 0 Å². The zero-order chi connectivity index (χ0) is 16.5. The summed E-state index contributed by atoms with van der Waals surface area (Å²) in [6, 6.07) is 8.25. The van der Waals surface area contributed by atoms with Gasteiger partial charge in [0.1, 0.15) is 0 Å². The van der Waals surface area contributed by atoms with Crippen LogP contribution in [0.15, 0.2) is 36.7 Å². The first-order valence-corrected chi connectivity index (χ1v) is 8.84. The molecule has 0 atom stereocenters. The number of fused-ring (bicyclic) bond motifs is 1. The number of benzene rings is 1. The van der Waals surface area contributed by atoms with Gasteiger partial charge in [0.15, 0.2) is 5.65 Å². The van der Waals surface area contributed by atoms with Crippen molar-refractivity contribution in [2.45, 2.75) is 45.4 Å². The van der Waals surface area contributed by atoms with Gasteiger partial charge in [-0.05, 0) is 24.8 Å². The van der Waals surface area contributed by atoms with Crippen LogP contribution in [0.2, 0.25) is 0 Å². The number of aromatic nitrogens is 3. The van der Waals surface area contributed by atoms with Gasteiger partial charge >= 0.3 is 0 Å². The number of aromatic hydroxyl groups is 1. The Kier molecular flexibility index (Phi) is 3.97. The highest BCUT2D eigenvalue weighted by atomic mass is 16.3. The van der Waals surface area contributed by atoms with Crippen molar-refractivity contribution in [1.82, 2.24) is 14.4 Å². The van der Waals surface area contributed by atoms with Gasteiger partial charge in [-0.3, -0.25) is 4.40 Å². The third-order valence-corrected chi connectivity index (χ3v) is 5.12. The van der Waals surface area contributed by atoms with Crippen LogP contribution in [0.4, 0.5) is 0 Å². The Bertz CT molecular complexity index is 862. The molecule has 1 aliphatic carbocycles. The molecular formula is C20H23N3O. The second kappa shape index (κ2) is 6.27. The maximum atomic E-state index is 10.0. The van der Waals surface area contributed by atoms with E-state index in [0.29, 0.717) is 5.92 Å². The van der Waals surface area contributed by atoms with E-state index in [4.69, 9.17) is 4.98 Å². The van der Waals surface area contributed by atoms with Crippen molar-refractivity contribution in [1.29, 1.82) is 0 Å². The molecule has 0 bridgehead atoms. The van der Waals surface area contributed by atoms with Gasteiger partial charge in [-0.2, -0.15) is 0 Å². The number of imidazole rings is 1. The van der Waals surface area contributed by atoms with Crippen LogP contribution < -0.4 is 0 Å². The lowest BCUT2D eigenvalue weighted by molar-refractivity contribution is 0.352. The highest BCUT2D eigenvalue weighted by Gasteiger charge is 2.18. The van der Waals surface area contributed by atoms with Gasteiger partial charge in [-0.15, -0.1) is 0 Å². The van der Waals surface area contributed by atoms with E-state index in [1.54, 1.807) is 6.20 Å². The van der Waals surface area contributed by atoms with E-state index in [1.165, 1.54) is 37.7 Å². The van der Waals surface area contributed by atoms with Crippen molar-refractivity contribution in [3.05, 3.63) is 47.9 Å². The molecule has 0 radical (unpaired) electrons. The first-order chi connectivity index (χ1) is 11.7. The van der Waals surface area contributed by atoms with Gasteiger partial charge in [0.2, 0.25) is 5.88 Å². The zero-order valence-electron chi connectivity index (χ0n) is 14.1. The van der Waals surface area contributed by atoms with Crippen molar-refractivity contribution >= 4 is 5.65 Å². The molecule has 4 rings (SSSR count). The summed E-state index contributed by atoms with van der Waals surface area (Å²) in [5.41, 5.74) is 5.06. The minimum Gasteiger partial charge on any atom is -0.492 e. The molecule has 24 heavy (non-hydrogen) atoms. The summed E-state index contributed by atoms with van der Waals surface area (Å²) in [6.45, 7) is 2.10. The molecule has 0 saturated heterocycles. The summed E-state index contributed by atoms with van der Waals surface area (Å²) < 4.78 is 1.92. The lowest BCUT2D eigenvalue weighted by Crippen LogP contribution is -2.11. The van der Waals surface area contributed by atoms with Crippen LogP contribution in [0.1, 0.15) is 43.4 Å². The molecule has 1 aromatic carbocycles. The Labute approximate surface area is 142 Å². The fourth-order valence-corrected chi connectivity index (χ4v) is 3.84. The number of hydrogen-bond donors (Lipinski definition) is 1. The Hall–Kier alpha value is -2.36. The third-order valence-electron chi connectivity index (χ3n) is 5.12. The van der Waals surface area contributed by atoms with Crippen molar-refractivity contribution in [2.24, 2.45) is 5.92 Å². The van der Waals surface area contributed by atoms with Crippen LogP contribution in [0.5, 0.6) is 5.88 Å². The van der Waals surface area contributed by atoms with Gasteiger partial charge in [0, 0.05) is 11.8 Å². The molecule has 0 spiro atoms. The van der Waals surface area contributed by atoms with E-state index in [1.807, 2.05) is 22.7 Å². The van der Waals surface area contributed by atoms with E-state index in [2.05, 4.69) is 24.0 Å². The number of rotatable bonds is 3. The Morgan fingerprint density at radius 3 is 2.67 bits per heavy atom. The first-order valence-electron chi connectivity index (χ1n) is 8.84. The Morgan fingerprint density at radius 1 is 1.08 bits per heavy atom. The minimum atomic E-state index is 0.0713. The second-order valence-electron chi connectivity index (χ2n) is 6.93. The van der Waals surface area contributed by atoms with Crippen molar-refractivity contribution in [3.8, 4) is 17.1 Å². The average molecular weight is 321 g/mol. The van der Waals surface area contributed by atoms with Crippen LogP contribution in [0.25, 0.3) is 16.9 Å². The molecular weight excluding hydrogens is 298 g/mol. The van der Waals surface area contributed by atoms with Crippen molar-refractivity contribution in [3.63, 3.8) is 0 Å². The predicted octanol–water partition coefficient (Wildman–Crippen LogP) is 4.53. The molecule has 2 heterocycles. The lowest BCUT2D eigenvalue weighted by atomic mass is 9.86. The fraction of sp³-hybridized carbons (Fsp3) is 0.400. The number of hydrogen-bond acceptors (Lipinski definition) is 3. The van der Waals surface area contributed by atoms with Crippen molar-refractivity contribution in [2.75, 3.05) is 0 Å². The fourth-order valence-electron chi connectivity index (χ4n) is 3.84. The third kappa shape index (κ3) is 2.88. The maximum Gasteiger partial charge on any atom is 0.228 e. The Morgan fingerprint density at radius 2 is 1.88 bits per heavy atom. The van der Waals surface area contributed by atoms with E-state index in [0.717, 1.165) is 29.0 Å². The van der Waals surface area contributed by atoms with Gasteiger partial charge in [-0.25, -0.2) is 9.97 Å². The quantitative estimate of drug-likeness (QED) is 0.771. The highest BCUT2D eigenvalue weighted by Crippen LogP contribution is 2.29. The average Bonchev–Trinajstić information content (AvgIpc) is 3.00. The smallest absolute Gasteiger partial charge is 0.228 e. The summed E-state index contributed by atoms with van der Waals surface area (Å²) >= 11 is 0. The summed E-state index contributed by atoms with van der Waals surface area (Å²) in [6.07, 6.45) is 11.0. The molecule has 2 aromatic heterocycles. The molecule has 0 aliphatic heterocycles. The molecule has 4 nitrogen and oxygen atoms in total. The largest absolute Gasteiger partial charge is 0.492 e. The monoisotopic (exact) mass is 321 g/mol. The second-order valence-corrected chi connectivity index (χ2v) is 6.93. The molecule has 4 heteroatoms. The van der Waals surface area contributed by atoms with Gasteiger partial charge in [-0.1, -0.05) is 56.4 Å². The lowest BCUT2D eigenvalue weighted by Gasteiger charge is -2.21. The summed E-state index contributed by atoms with van der Waals surface area (Å²) in [4.78, 5) is 9.24. The number of aryl methyl sites for hydroxylation is 1. The molecule has 0 amide bonds. The summed E-state index contributed by atoms with van der Waals surface area (Å²) in [7, 11) is 0. The SMILES string of the molecule is Cc1ccccc1-c1cn2cc(O)nc(CC3CCCCC3)c2n1. The van der Waals surface area contributed by atoms with Gasteiger partial charge in [0.05, 0.1) is 17.6 Å². The van der Waals surface area contributed by atoms with E-state index in [9.17, 15) is 5.11 Å². The normalized spacial score (nSPS) is 15.9. The van der Waals surface area contributed by atoms with Crippen LogP contribution >= 0.6 is 0 Å². The Balaban J connectivity index is 1.75. The van der Waals surface area contributed by atoms with Gasteiger partial charge in [0.25, 0.3) is 0 Å². The predicted molar refractivity (Wildman–Crippen MR) is 95.1 cm³/mol. The first kappa shape index (κ1) is 15.2. The van der Waals surface area contributed by atoms with Crippen LogP contribution in [-0.2, 0) is 6.42 Å². The molecule has 124 valence electrons. The highest BCUT2D eigenvalue weighted by molar-refractivity contribution is 5.66.